The minimum Gasteiger partial charge on any atom is -0.315 e. The van der Waals surface area contributed by atoms with Gasteiger partial charge in [0.1, 0.15) is 0 Å². The molecule has 2 atom stereocenters. The maximum Gasteiger partial charge on any atom is 0.314 e. The van der Waals surface area contributed by atoms with Crippen LogP contribution >= 0.6 is 11.8 Å². The van der Waals surface area contributed by atoms with E-state index in [1.807, 2.05) is 47.5 Å². The molecule has 0 spiro atoms. The van der Waals surface area contributed by atoms with Crippen molar-refractivity contribution in [3.05, 3.63) is 94.1 Å². The Hall–Kier alpha value is -2.93. The number of nitrogens with zero attached hydrogens (tertiary/aromatic N) is 4. The molecule has 3 heterocycles. The molecular weight excluding hydrogens is 360 g/mol. The van der Waals surface area contributed by atoms with Crippen molar-refractivity contribution in [2.24, 2.45) is 4.99 Å². The number of aromatic nitrogens is 1. The molecular formula is C20H18N4O2S. The van der Waals surface area contributed by atoms with E-state index < -0.39 is 0 Å². The van der Waals surface area contributed by atoms with E-state index in [0.717, 1.165) is 10.6 Å². The zero-order valence-electron chi connectivity index (χ0n) is 14.7. The lowest BCUT2D eigenvalue weighted by molar-refractivity contribution is -0.417. The van der Waals surface area contributed by atoms with Crippen LogP contribution in [0.4, 0.5) is 0 Å². The first-order valence-corrected chi connectivity index (χ1v) is 9.54. The van der Waals surface area contributed by atoms with Crippen LogP contribution in [0.25, 0.3) is 0 Å². The molecule has 1 aromatic heterocycles. The number of fused-ring (bicyclic) bond motifs is 1. The van der Waals surface area contributed by atoms with Crippen molar-refractivity contribution in [1.29, 1.82) is 0 Å². The van der Waals surface area contributed by atoms with Crippen LogP contribution in [0.1, 0.15) is 25.1 Å². The van der Waals surface area contributed by atoms with Gasteiger partial charge in [-0.2, -0.15) is 0 Å². The molecule has 0 fully saturated rings. The molecule has 2 aromatic rings. The van der Waals surface area contributed by atoms with E-state index in [2.05, 4.69) is 17.1 Å². The van der Waals surface area contributed by atoms with Crippen LogP contribution in [-0.4, -0.2) is 26.0 Å². The summed E-state index contributed by atoms with van der Waals surface area (Å²) in [6.07, 6.45) is 6.14. The summed E-state index contributed by atoms with van der Waals surface area (Å²) in [5.41, 5.74) is 1.51. The van der Waals surface area contributed by atoms with Gasteiger partial charge in [-0.15, -0.1) is 11.8 Å². The number of hydrogen-bond donors (Lipinski definition) is 0. The van der Waals surface area contributed by atoms with Crippen molar-refractivity contribution < 1.29 is 4.92 Å². The van der Waals surface area contributed by atoms with Crippen molar-refractivity contribution in [2.75, 3.05) is 0 Å². The van der Waals surface area contributed by atoms with Crippen molar-refractivity contribution in [3.63, 3.8) is 0 Å². The highest BCUT2D eigenvalue weighted by Gasteiger charge is 2.39. The van der Waals surface area contributed by atoms with E-state index in [9.17, 15) is 10.1 Å². The van der Waals surface area contributed by atoms with E-state index >= 15 is 0 Å². The first kappa shape index (κ1) is 17.5. The smallest absolute Gasteiger partial charge is 0.314 e. The highest BCUT2D eigenvalue weighted by molar-refractivity contribution is 7.99. The third kappa shape index (κ3) is 3.50. The lowest BCUT2D eigenvalue weighted by Crippen LogP contribution is -2.43. The SMILES string of the molecule is CC1=C([N+](=O)[O-])C2=NC(c3ccccn3)CC(Sc3ccccc3)N2C=C1. The quantitative estimate of drug-likeness (QED) is 0.582. The number of allylic oxidation sites excluding steroid dienone is 2. The number of nitro groups is 1. The third-order valence-corrected chi connectivity index (χ3v) is 5.79. The number of benzene rings is 1. The van der Waals surface area contributed by atoms with Crippen LogP contribution < -0.4 is 0 Å². The largest absolute Gasteiger partial charge is 0.315 e. The van der Waals surface area contributed by atoms with E-state index in [4.69, 9.17) is 4.99 Å². The van der Waals surface area contributed by atoms with Gasteiger partial charge in [-0.1, -0.05) is 24.3 Å². The number of hydrogen-bond acceptors (Lipinski definition) is 6. The van der Waals surface area contributed by atoms with Crippen LogP contribution in [-0.2, 0) is 0 Å². The Balaban J connectivity index is 1.76. The van der Waals surface area contributed by atoms with Gasteiger partial charge in [-0.05, 0) is 37.3 Å². The van der Waals surface area contributed by atoms with Gasteiger partial charge in [0.05, 0.1) is 22.0 Å². The molecule has 1 aromatic carbocycles. The summed E-state index contributed by atoms with van der Waals surface area (Å²) in [6, 6.07) is 15.6. The second-order valence-corrected chi connectivity index (χ2v) is 7.61. The summed E-state index contributed by atoms with van der Waals surface area (Å²) in [7, 11) is 0. The molecule has 136 valence electrons. The van der Waals surface area contributed by atoms with Crippen LogP contribution in [0.15, 0.2) is 88.2 Å². The van der Waals surface area contributed by atoms with Crippen LogP contribution in [0, 0.1) is 10.1 Å². The third-order valence-electron chi connectivity index (χ3n) is 4.56. The van der Waals surface area contributed by atoms with E-state index in [1.165, 1.54) is 0 Å². The van der Waals surface area contributed by atoms with E-state index in [1.54, 1.807) is 31.0 Å². The van der Waals surface area contributed by atoms with Gasteiger partial charge >= 0.3 is 5.70 Å². The van der Waals surface area contributed by atoms with Gasteiger partial charge in [0.15, 0.2) is 0 Å². The molecule has 2 unspecified atom stereocenters. The second kappa shape index (κ2) is 7.36. The summed E-state index contributed by atoms with van der Waals surface area (Å²) in [6.45, 7) is 1.75. The van der Waals surface area contributed by atoms with Gasteiger partial charge in [-0.3, -0.25) is 20.1 Å². The molecule has 0 aliphatic carbocycles. The molecule has 0 bridgehead atoms. The zero-order chi connectivity index (χ0) is 18.8. The highest BCUT2D eigenvalue weighted by Crippen LogP contribution is 2.40. The minimum atomic E-state index is -0.338. The number of aliphatic imine (C=N–C) groups is 1. The lowest BCUT2D eigenvalue weighted by atomic mass is 10.0. The summed E-state index contributed by atoms with van der Waals surface area (Å²) in [4.78, 5) is 23.6. The zero-order valence-corrected chi connectivity index (χ0v) is 15.5. The maximum atomic E-state index is 11.7. The van der Waals surface area contributed by atoms with Gasteiger partial charge < -0.3 is 4.90 Å². The van der Waals surface area contributed by atoms with Crippen LogP contribution in [0.2, 0.25) is 0 Å². The molecule has 2 aliphatic heterocycles. The Morgan fingerprint density at radius 3 is 2.67 bits per heavy atom. The van der Waals surface area contributed by atoms with Crippen molar-refractivity contribution in [3.8, 4) is 0 Å². The number of thioether (sulfide) groups is 1. The predicted octanol–water partition coefficient (Wildman–Crippen LogP) is 4.42. The highest BCUT2D eigenvalue weighted by atomic mass is 32.2. The van der Waals surface area contributed by atoms with Crippen LogP contribution in [0.5, 0.6) is 0 Å². The fraction of sp³-hybridized carbons (Fsp3) is 0.200. The molecule has 7 heteroatoms. The van der Waals surface area contributed by atoms with E-state index in [0.29, 0.717) is 17.8 Å². The van der Waals surface area contributed by atoms with Crippen LogP contribution in [0.3, 0.4) is 0 Å². The number of amidine groups is 1. The fourth-order valence-corrected chi connectivity index (χ4v) is 4.44. The Bertz CT molecular complexity index is 941. The van der Waals surface area contributed by atoms with Gasteiger partial charge in [0.25, 0.3) is 0 Å². The first-order chi connectivity index (χ1) is 13.1. The molecule has 0 amide bonds. The van der Waals surface area contributed by atoms with Crippen molar-refractivity contribution in [1.82, 2.24) is 9.88 Å². The Kier molecular flexibility index (Phi) is 4.77. The van der Waals surface area contributed by atoms with Gasteiger partial charge in [-0.25, -0.2) is 0 Å². The molecule has 2 aliphatic rings. The summed E-state index contributed by atoms with van der Waals surface area (Å²) in [5, 5.41) is 11.7. The standard InChI is InChI=1S/C20H18N4O2S/c1-14-10-12-23-18(27-15-7-3-2-4-8-15)13-17(16-9-5-6-11-21-16)22-20(23)19(14)24(25)26/h2-12,17-18H,13H2,1H3. The lowest BCUT2D eigenvalue weighted by Gasteiger charge is -2.37. The molecule has 0 saturated carbocycles. The summed E-state index contributed by atoms with van der Waals surface area (Å²) < 4.78 is 0. The van der Waals surface area contributed by atoms with Gasteiger partial charge in [0, 0.05) is 29.3 Å². The average molecular weight is 378 g/mol. The van der Waals surface area contributed by atoms with Crippen molar-refractivity contribution >= 4 is 17.6 Å². The Morgan fingerprint density at radius 2 is 1.96 bits per heavy atom. The molecule has 6 nitrogen and oxygen atoms in total. The monoisotopic (exact) mass is 378 g/mol. The van der Waals surface area contributed by atoms with Gasteiger partial charge in [0.2, 0.25) is 5.84 Å². The average Bonchev–Trinajstić information content (AvgIpc) is 2.68. The Morgan fingerprint density at radius 1 is 1.19 bits per heavy atom. The van der Waals surface area contributed by atoms with Crippen molar-refractivity contribution in [2.45, 2.75) is 29.7 Å². The molecule has 0 radical (unpaired) electrons. The predicted molar refractivity (Wildman–Crippen MR) is 106 cm³/mol. The van der Waals surface area contributed by atoms with E-state index in [-0.39, 0.29) is 22.0 Å². The maximum absolute atomic E-state index is 11.7. The minimum absolute atomic E-state index is 0.00814. The molecule has 4 rings (SSSR count). The second-order valence-electron chi connectivity index (χ2n) is 6.36. The molecule has 0 saturated heterocycles. The Labute approximate surface area is 161 Å². The molecule has 0 N–H and O–H groups in total. The summed E-state index contributed by atoms with van der Waals surface area (Å²) in [5.74, 6) is 0.412. The first-order valence-electron chi connectivity index (χ1n) is 8.66. The summed E-state index contributed by atoms with van der Waals surface area (Å²) >= 11 is 1.68. The fourth-order valence-electron chi connectivity index (χ4n) is 3.25. The topological polar surface area (TPSA) is 71.6 Å². The number of rotatable bonds is 4. The normalized spacial score (nSPS) is 21.7. The molecule has 27 heavy (non-hydrogen) atoms. The number of pyridine rings is 1.